The first kappa shape index (κ1) is 21.5. The first-order valence-corrected chi connectivity index (χ1v) is 10.7. The first-order valence-electron chi connectivity index (χ1n) is 10.7. The van der Waals surface area contributed by atoms with Gasteiger partial charge in [0.1, 0.15) is 5.82 Å². The van der Waals surface area contributed by atoms with Gasteiger partial charge in [-0.1, -0.05) is 57.4 Å². The Morgan fingerprint density at radius 1 is 0.516 bits per heavy atom. The molecule has 0 atom stereocenters. The lowest BCUT2D eigenvalue weighted by Crippen LogP contribution is -2.10. The summed E-state index contributed by atoms with van der Waals surface area (Å²) in [5.74, 6) is -5.32. The van der Waals surface area contributed by atoms with Crippen molar-refractivity contribution >= 4 is 0 Å². The van der Waals surface area contributed by atoms with Crippen molar-refractivity contribution in [3.8, 4) is 33.4 Å². The number of aryl methyl sites for hydroxylation is 2. The van der Waals surface area contributed by atoms with Crippen LogP contribution < -0.4 is 0 Å². The number of rotatable bonds is 7. The maximum absolute atomic E-state index is 14.9. The van der Waals surface area contributed by atoms with E-state index in [4.69, 9.17) is 0 Å². The third-order valence-electron chi connectivity index (χ3n) is 5.99. The maximum atomic E-state index is 14.9. The summed E-state index contributed by atoms with van der Waals surface area (Å²) in [5.41, 5.74) is 0.634. The lowest BCUT2D eigenvalue weighted by Gasteiger charge is -2.27. The van der Waals surface area contributed by atoms with E-state index in [-0.39, 0.29) is 27.8 Å². The Kier molecular flexibility index (Phi) is 5.87. The van der Waals surface area contributed by atoms with Crippen molar-refractivity contribution in [1.29, 1.82) is 0 Å². The summed E-state index contributed by atoms with van der Waals surface area (Å²) in [5, 5.41) is 0. The minimum Gasteiger partial charge on any atom is -0.206 e. The number of benzene rings is 3. The molecule has 0 amide bonds. The second-order valence-electron chi connectivity index (χ2n) is 8.04. The summed E-state index contributed by atoms with van der Waals surface area (Å²) in [6.45, 7) is 3.92. The zero-order valence-electron chi connectivity index (χ0n) is 17.5. The minimum absolute atomic E-state index is 0.0572. The van der Waals surface area contributed by atoms with Crippen molar-refractivity contribution < 1.29 is 22.0 Å². The van der Waals surface area contributed by atoms with Crippen LogP contribution in [0.1, 0.15) is 50.7 Å². The number of halogens is 5. The molecular weight excluding hydrogens is 407 g/mol. The van der Waals surface area contributed by atoms with Crippen LogP contribution >= 0.6 is 0 Å². The van der Waals surface area contributed by atoms with E-state index in [2.05, 4.69) is 0 Å². The molecule has 0 unspecified atom stereocenters. The zero-order chi connectivity index (χ0) is 22.3. The summed E-state index contributed by atoms with van der Waals surface area (Å²) in [6.07, 6.45) is 4.15. The summed E-state index contributed by atoms with van der Waals surface area (Å²) in [4.78, 5) is 0. The molecule has 31 heavy (non-hydrogen) atoms. The van der Waals surface area contributed by atoms with E-state index in [0.717, 1.165) is 25.7 Å². The Labute approximate surface area is 178 Å². The van der Waals surface area contributed by atoms with Gasteiger partial charge in [0.25, 0.3) is 0 Å². The van der Waals surface area contributed by atoms with Gasteiger partial charge in [-0.05, 0) is 47.6 Å². The van der Waals surface area contributed by atoms with E-state index in [0.29, 0.717) is 29.5 Å². The standard InChI is InChI=1S/C26H23F5/c1-3-5-6-8-15-10-12-17(24(29)23(15)28)19-13-18-16-11-9-14(7-4-2)22(27)20(16)21(18)26(31)25(19)30/h9-13H,3-8H2,1-2H3. The van der Waals surface area contributed by atoms with Gasteiger partial charge in [0.05, 0.1) is 0 Å². The molecule has 0 saturated heterocycles. The van der Waals surface area contributed by atoms with Gasteiger partial charge in [-0.15, -0.1) is 0 Å². The maximum Gasteiger partial charge on any atom is 0.168 e. The van der Waals surface area contributed by atoms with Crippen molar-refractivity contribution in [3.63, 3.8) is 0 Å². The lowest BCUT2D eigenvalue weighted by molar-refractivity contribution is 0.493. The molecule has 0 aliphatic heterocycles. The lowest BCUT2D eigenvalue weighted by atomic mass is 9.77. The molecule has 0 spiro atoms. The van der Waals surface area contributed by atoms with Crippen molar-refractivity contribution in [1.82, 2.24) is 0 Å². The van der Waals surface area contributed by atoms with Crippen LogP contribution in [-0.2, 0) is 12.8 Å². The van der Waals surface area contributed by atoms with Gasteiger partial charge in [0.2, 0.25) is 0 Å². The van der Waals surface area contributed by atoms with E-state index < -0.39 is 29.1 Å². The second-order valence-corrected chi connectivity index (χ2v) is 8.04. The molecule has 1 aliphatic carbocycles. The normalized spacial score (nSPS) is 11.8. The van der Waals surface area contributed by atoms with E-state index in [9.17, 15) is 22.0 Å². The highest BCUT2D eigenvalue weighted by molar-refractivity contribution is 6.04. The van der Waals surface area contributed by atoms with E-state index in [1.54, 1.807) is 12.1 Å². The Hall–Kier alpha value is -2.69. The topological polar surface area (TPSA) is 0 Å². The minimum atomic E-state index is -1.30. The zero-order valence-corrected chi connectivity index (χ0v) is 17.5. The smallest absolute Gasteiger partial charge is 0.168 e. The summed E-state index contributed by atoms with van der Waals surface area (Å²) >= 11 is 0. The number of unbranched alkanes of at least 4 members (excludes halogenated alkanes) is 2. The molecule has 0 bridgehead atoms. The highest BCUT2D eigenvalue weighted by Gasteiger charge is 2.34. The predicted molar refractivity (Wildman–Crippen MR) is 113 cm³/mol. The SMILES string of the molecule is CCCCCc1ccc(-c2cc3c(c(F)c2F)-c2c-3ccc(CCC)c2F)c(F)c1F. The summed E-state index contributed by atoms with van der Waals surface area (Å²) in [6, 6.07) is 7.29. The molecule has 0 heterocycles. The molecule has 3 aromatic carbocycles. The Bertz CT molecular complexity index is 1160. The van der Waals surface area contributed by atoms with Crippen LogP contribution in [0.5, 0.6) is 0 Å². The van der Waals surface area contributed by atoms with Crippen molar-refractivity contribution in [2.24, 2.45) is 0 Å². The molecular formula is C26H23F5. The first-order chi connectivity index (χ1) is 14.9. The van der Waals surface area contributed by atoms with Gasteiger partial charge >= 0.3 is 0 Å². The molecule has 3 aromatic rings. The van der Waals surface area contributed by atoms with Crippen LogP contribution in [0.2, 0.25) is 0 Å². The van der Waals surface area contributed by atoms with Crippen molar-refractivity contribution in [2.75, 3.05) is 0 Å². The molecule has 0 N–H and O–H groups in total. The summed E-state index contributed by atoms with van der Waals surface area (Å²) < 4.78 is 74.0. The van der Waals surface area contributed by atoms with Crippen LogP contribution in [-0.4, -0.2) is 0 Å². The fourth-order valence-electron chi connectivity index (χ4n) is 4.32. The highest BCUT2D eigenvalue weighted by atomic mass is 19.2. The van der Waals surface area contributed by atoms with Crippen LogP contribution in [0.3, 0.4) is 0 Å². The monoisotopic (exact) mass is 430 g/mol. The summed E-state index contributed by atoms with van der Waals surface area (Å²) in [7, 11) is 0. The van der Waals surface area contributed by atoms with E-state index >= 15 is 0 Å². The van der Waals surface area contributed by atoms with Gasteiger partial charge in [0, 0.05) is 22.3 Å². The van der Waals surface area contributed by atoms with Gasteiger partial charge < -0.3 is 0 Å². The van der Waals surface area contributed by atoms with Gasteiger partial charge in [-0.25, -0.2) is 22.0 Å². The average molecular weight is 430 g/mol. The van der Waals surface area contributed by atoms with Gasteiger partial charge in [-0.2, -0.15) is 0 Å². The van der Waals surface area contributed by atoms with Gasteiger partial charge in [-0.3, -0.25) is 0 Å². The number of hydrogen-bond donors (Lipinski definition) is 0. The average Bonchev–Trinajstić information content (AvgIpc) is 2.74. The molecule has 0 saturated carbocycles. The Morgan fingerprint density at radius 3 is 1.81 bits per heavy atom. The number of hydrogen-bond acceptors (Lipinski definition) is 0. The molecule has 4 rings (SSSR count). The van der Waals surface area contributed by atoms with E-state index in [1.807, 2.05) is 13.8 Å². The number of fused-ring (bicyclic) bond motifs is 4. The largest absolute Gasteiger partial charge is 0.206 e. The van der Waals surface area contributed by atoms with Gasteiger partial charge in [0.15, 0.2) is 23.3 Å². The van der Waals surface area contributed by atoms with Crippen LogP contribution in [0.15, 0.2) is 30.3 Å². The Balaban J connectivity index is 1.78. The third-order valence-corrected chi connectivity index (χ3v) is 5.99. The molecule has 162 valence electrons. The van der Waals surface area contributed by atoms with Crippen LogP contribution in [0.4, 0.5) is 22.0 Å². The quantitative estimate of drug-likeness (QED) is 0.204. The fourth-order valence-corrected chi connectivity index (χ4v) is 4.32. The van der Waals surface area contributed by atoms with Crippen LogP contribution in [0, 0.1) is 29.1 Å². The molecule has 0 nitrogen and oxygen atoms in total. The van der Waals surface area contributed by atoms with Crippen LogP contribution in [0.25, 0.3) is 33.4 Å². The fraction of sp³-hybridized carbons (Fsp3) is 0.308. The molecule has 1 aliphatic rings. The van der Waals surface area contributed by atoms with Crippen molar-refractivity contribution in [2.45, 2.75) is 52.4 Å². The predicted octanol–water partition coefficient (Wildman–Crippen LogP) is 8.38. The third kappa shape index (κ3) is 3.44. The van der Waals surface area contributed by atoms with Crippen molar-refractivity contribution in [3.05, 3.63) is 70.5 Å². The molecule has 0 radical (unpaired) electrons. The Morgan fingerprint density at radius 2 is 1.13 bits per heavy atom. The highest BCUT2D eigenvalue weighted by Crippen LogP contribution is 2.53. The second kappa shape index (κ2) is 8.45. The van der Waals surface area contributed by atoms with E-state index in [1.165, 1.54) is 18.2 Å². The molecule has 0 aromatic heterocycles. The molecule has 0 fully saturated rings. The molecule has 5 heteroatoms.